The zero-order valence-corrected chi connectivity index (χ0v) is 20.4. The van der Waals surface area contributed by atoms with Crippen LogP contribution in [0.3, 0.4) is 0 Å². The Balaban J connectivity index is 1.57. The van der Waals surface area contributed by atoms with Crippen LogP contribution in [0.1, 0.15) is 25.0 Å². The van der Waals surface area contributed by atoms with Crippen LogP contribution in [0.2, 0.25) is 5.02 Å². The number of carbonyl (C=O) groups excluding carboxylic acids is 1. The maximum atomic E-state index is 12.8. The highest BCUT2D eigenvalue weighted by Crippen LogP contribution is 2.39. The molecule has 1 aliphatic rings. The van der Waals surface area contributed by atoms with Gasteiger partial charge in [-0.3, -0.25) is 14.7 Å². The number of benzene rings is 3. The second-order valence-corrected chi connectivity index (χ2v) is 8.84. The minimum absolute atomic E-state index is 0.0542. The zero-order valence-electron chi connectivity index (χ0n) is 18.8. The Bertz CT molecular complexity index is 1260. The highest BCUT2D eigenvalue weighted by molar-refractivity contribution is 8.18. The van der Waals surface area contributed by atoms with Gasteiger partial charge in [-0.25, -0.2) is 0 Å². The molecule has 3 aromatic carbocycles. The average molecular weight is 481 g/mol. The molecule has 1 heterocycles. The molecule has 170 valence electrons. The molecule has 7 heteroatoms. The number of fused-ring (bicyclic) bond motifs is 1. The van der Waals surface area contributed by atoms with Crippen LogP contribution in [-0.4, -0.2) is 36.2 Å². The van der Waals surface area contributed by atoms with Crippen molar-refractivity contribution >= 4 is 51.3 Å². The molecule has 5 nitrogen and oxygen atoms in total. The zero-order chi connectivity index (χ0) is 23.4. The minimum Gasteiger partial charge on any atom is -0.493 e. The Hall–Kier alpha value is -2.96. The number of carbonyl (C=O) groups is 1. The smallest absolute Gasteiger partial charge is 0.266 e. The maximum Gasteiger partial charge on any atom is 0.266 e. The van der Waals surface area contributed by atoms with Crippen molar-refractivity contribution in [3.05, 3.63) is 75.7 Å². The number of rotatable bonds is 7. The molecular weight excluding hydrogens is 456 g/mol. The van der Waals surface area contributed by atoms with Crippen molar-refractivity contribution in [2.24, 2.45) is 4.99 Å². The number of ether oxygens (including phenoxy) is 2. The fourth-order valence-electron chi connectivity index (χ4n) is 3.64. The number of hydrogen-bond donors (Lipinski definition) is 0. The van der Waals surface area contributed by atoms with Gasteiger partial charge < -0.3 is 9.47 Å². The first kappa shape index (κ1) is 23.2. The summed E-state index contributed by atoms with van der Waals surface area (Å²) in [7, 11) is 1.58. The first-order valence-electron chi connectivity index (χ1n) is 10.8. The van der Waals surface area contributed by atoms with E-state index in [1.54, 1.807) is 18.1 Å². The number of methoxy groups -OCH3 is 1. The van der Waals surface area contributed by atoms with E-state index in [1.807, 2.05) is 44.2 Å². The van der Waals surface area contributed by atoms with E-state index in [-0.39, 0.29) is 5.91 Å². The van der Waals surface area contributed by atoms with E-state index >= 15 is 0 Å². The summed E-state index contributed by atoms with van der Waals surface area (Å²) in [6.07, 6.45) is 1.81. The Labute approximate surface area is 203 Å². The molecule has 1 amide bonds. The number of nitrogens with zero attached hydrogens (tertiary/aromatic N) is 2. The van der Waals surface area contributed by atoms with E-state index < -0.39 is 0 Å². The lowest BCUT2D eigenvalue weighted by molar-refractivity contribution is -0.122. The lowest BCUT2D eigenvalue weighted by Crippen LogP contribution is -2.28. The lowest BCUT2D eigenvalue weighted by Gasteiger charge is -2.14. The standard InChI is InChI=1S/C26H25ClN2O3S/c1-4-28-26-29(5-2)25(30)23(33-26)15-18-13-21(27)24(22(14-18)31-3)32-16-17-10-11-19-8-6-7-9-20(19)12-17/h6-15H,4-5,16H2,1-3H3/b23-15+,28-26?. The molecule has 0 unspecified atom stereocenters. The lowest BCUT2D eigenvalue weighted by atomic mass is 10.1. The quantitative estimate of drug-likeness (QED) is 0.367. The predicted octanol–water partition coefficient (Wildman–Crippen LogP) is 6.39. The van der Waals surface area contributed by atoms with Crippen LogP contribution in [0.4, 0.5) is 0 Å². The summed E-state index contributed by atoms with van der Waals surface area (Å²) in [6, 6.07) is 18.0. The van der Waals surface area contributed by atoms with Gasteiger partial charge in [-0.1, -0.05) is 48.0 Å². The number of amidine groups is 1. The summed E-state index contributed by atoms with van der Waals surface area (Å²) in [5.41, 5.74) is 1.80. The maximum absolute atomic E-state index is 12.8. The van der Waals surface area contributed by atoms with Crippen LogP contribution in [-0.2, 0) is 11.4 Å². The van der Waals surface area contributed by atoms with Gasteiger partial charge in [0.1, 0.15) is 6.61 Å². The summed E-state index contributed by atoms with van der Waals surface area (Å²) >= 11 is 7.95. The van der Waals surface area contributed by atoms with Gasteiger partial charge in [0, 0.05) is 13.1 Å². The Morgan fingerprint density at radius 2 is 1.88 bits per heavy atom. The molecule has 4 rings (SSSR count). The molecule has 0 radical (unpaired) electrons. The molecule has 0 N–H and O–H groups in total. The SMILES string of the molecule is CCN=C1S/C(=C/c2cc(Cl)c(OCc3ccc4ccccc4c3)c(OC)c2)C(=O)N1CC. The molecule has 0 atom stereocenters. The van der Waals surface area contributed by atoms with Gasteiger partial charge in [0.15, 0.2) is 16.7 Å². The van der Waals surface area contributed by atoms with Gasteiger partial charge >= 0.3 is 0 Å². The molecule has 3 aromatic rings. The molecule has 0 aromatic heterocycles. The normalized spacial score (nSPS) is 16.2. The number of thioether (sulfide) groups is 1. The van der Waals surface area contributed by atoms with Gasteiger partial charge in [-0.15, -0.1) is 0 Å². The fraction of sp³-hybridized carbons (Fsp3) is 0.231. The number of hydrogen-bond acceptors (Lipinski definition) is 5. The second kappa shape index (κ2) is 10.3. The third kappa shape index (κ3) is 5.02. The van der Waals surface area contributed by atoms with Crippen molar-refractivity contribution in [1.82, 2.24) is 4.90 Å². The summed E-state index contributed by atoms with van der Waals surface area (Å²) in [5.74, 6) is 0.935. The molecule has 0 saturated carbocycles. The van der Waals surface area contributed by atoms with Crippen molar-refractivity contribution in [3.8, 4) is 11.5 Å². The van der Waals surface area contributed by atoms with E-state index in [1.165, 1.54) is 17.1 Å². The molecule has 1 saturated heterocycles. The van der Waals surface area contributed by atoms with Crippen molar-refractivity contribution in [1.29, 1.82) is 0 Å². The van der Waals surface area contributed by atoms with Gasteiger partial charge in [-0.2, -0.15) is 0 Å². The van der Waals surface area contributed by atoms with Crippen LogP contribution in [0, 0.1) is 0 Å². The summed E-state index contributed by atoms with van der Waals surface area (Å²) < 4.78 is 11.6. The van der Waals surface area contributed by atoms with Crippen molar-refractivity contribution < 1.29 is 14.3 Å². The van der Waals surface area contributed by atoms with Gasteiger partial charge in [0.2, 0.25) is 0 Å². The summed E-state index contributed by atoms with van der Waals surface area (Å²) in [4.78, 5) is 19.5. The fourth-order valence-corrected chi connectivity index (χ4v) is 5.02. The van der Waals surface area contributed by atoms with Crippen molar-refractivity contribution in [2.45, 2.75) is 20.5 Å². The van der Waals surface area contributed by atoms with Gasteiger partial charge in [0.05, 0.1) is 17.0 Å². The highest BCUT2D eigenvalue weighted by atomic mass is 35.5. The Kier molecular flexibility index (Phi) is 7.26. The van der Waals surface area contributed by atoms with Crippen LogP contribution in [0.15, 0.2) is 64.5 Å². The number of halogens is 1. The topological polar surface area (TPSA) is 51.1 Å². The molecule has 1 fully saturated rings. The first-order valence-corrected chi connectivity index (χ1v) is 12.0. The molecular formula is C26H25ClN2O3S. The first-order chi connectivity index (χ1) is 16.0. The van der Waals surface area contributed by atoms with Crippen molar-refractivity contribution in [2.75, 3.05) is 20.2 Å². The minimum atomic E-state index is -0.0542. The summed E-state index contributed by atoms with van der Waals surface area (Å²) in [5, 5.41) is 3.49. The predicted molar refractivity (Wildman–Crippen MR) is 137 cm³/mol. The van der Waals surface area contributed by atoms with Crippen molar-refractivity contribution in [3.63, 3.8) is 0 Å². The Morgan fingerprint density at radius 1 is 1.09 bits per heavy atom. The summed E-state index contributed by atoms with van der Waals surface area (Å²) in [6.45, 7) is 5.46. The van der Waals surface area contributed by atoms with Crippen LogP contribution < -0.4 is 9.47 Å². The van der Waals surface area contributed by atoms with Gasteiger partial charge in [0.25, 0.3) is 5.91 Å². The molecule has 0 bridgehead atoms. The van der Waals surface area contributed by atoms with Crippen LogP contribution in [0.5, 0.6) is 11.5 Å². The van der Waals surface area contributed by atoms with E-state index in [0.29, 0.717) is 41.1 Å². The average Bonchev–Trinajstić information content (AvgIpc) is 3.11. The largest absolute Gasteiger partial charge is 0.493 e. The van der Waals surface area contributed by atoms with Crippen LogP contribution >= 0.6 is 23.4 Å². The third-order valence-corrected chi connectivity index (χ3v) is 6.57. The van der Waals surface area contributed by atoms with Gasteiger partial charge in [-0.05, 0) is 71.8 Å². The monoisotopic (exact) mass is 480 g/mol. The van der Waals surface area contributed by atoms with E-state index in [2.05, 4.69) is 29.3 Å². The molecule has 0 spiro atoms. The highest BCUT2D eigenvalue weighted by Gasteiger charge is 2.31. The van der Waals surface area contributed by atoms with E-state index in [9.17, 15) is 4.79 Å². The van der Waals surface area contributed by atoms with Crippen LogP contribution in [0.25, 0.3) is 16.8 Å². The molecule has 0 aliphatic carbocycles. The molecule has 33 heavy (non-hydrogen) atoms. The number of amides is 1. The second-order valence-electron chi connectivity index (χ2n) is 7.42. The number of likely N-dealkylation sites (N-methyl/N-ethyl adjacent to an activating group) is 1. The third-order valence-electron chi connectivity index (χ3n) is 5.24. The molecule has 1 aliphatic heterocycles. The Morgan fingerprint density at radius 3 is 2.61 bits per heavy atom. The van der Waals surface area contributed by atoms with E-state index in [4.69, 9.17) is 21.1 Å². The van der Waals surface area contributed by atoms with E-state index in [0.717, 1.165) is 21.7 Å². The number of aliphatic imine (C=N–C) groups is 1.